The van der Waals surface area contributed by atoms with Gasteiger partial charge in [-0.25, -0.2) is 0 Å². The van der Waals surface area contributed by atoms with Crippen molar-refractivity contribution in [2.24, 2.45) is 5.92 Å². The summed E-state index contributed by atoms with van der Waals surface area (Å²) in [5, 5.41) is 0. The molecule has 1 unspecified atom stereocenters. The highest BCUT2D eigenvalue weighted by molar-refractivity contribution is 5.96. The molecular formula is C17H32O4. The zero-order chi connectivity index (χ0) is 16.1. The van der Waals surface area contributed by atoms with Crippen molar-refractivity contribution < 1.29 is 19.1 Å². The molecule has 0 heterocycles. The fourth-order valence-electron chi connectivity index (χ4n) is 1.88. The van der Waals surface area contributed by atoms with Gasteiger partial charge >= 0.3 is 5.97 Å². The number of Topliss-reactive ketones (excluding diaryl/α,β-unsaturated/α-hetero) is 1. The first kappa shape index (κ1) is 20.1. The first-order valence-corrected chi connectivity index (χ1v) is 8.27. The van der Waals surface area contributed by atoms with E-state index in [1.54, 1.807) is 20.8 Å². The summed E-state index contributed by atoms with van der Waals surface area (Å²) in [4.78, 5) is 22.9. The maximum absolute atomic E-state index is 11.5. The van der Waals surface area contributed by atoms with E-state index in [9.17, 15) is 9.59 Å². The minimum atomic E-state index is -0.454. The van der Waals surface area contributed by atoms with Crippen molar-refractivity contribution in [3.63, 3.8) is 0 Å². The van der Waals surface area contributed by atoms with E-state index in [1.807, 2.05) is 0 Å². The number of hydrogen-bond acceptors (Lipinski definition) is 4. The molecule has 0 spiro atoms. The summed E-state index contributed by atoms with van der Waals surface area (Å²) >= 11 is 0. The van der Waals surface area contributed by atoms with Crippen LogP contribution in [0.3, 0.4) is 0 Å². The quantitative estimate of drug-likeness (QED) is 0.294. The van der Waals surface area contributed by atoms with Crippen LogP contribution < -0.4 is 0 Å². The lowest BCUT2D eigenvalue weighted by Crippen LogP contribution is -2.23. The van der Waals surface area contributed by atoms with Gasteiger partial charge in [0, 0.05) is 12.5 Å². The van der Waals surface area contributed by atoms with Crippen LogP contribution in [0.4, 0.5) is 0 Å². The monoisotopic (exact) mass is 300 g/mol. The molecule has 0 bridgehead atoms. The van der Waals surface area contributed by atoms with Gasteiger partial charge in [0.15, 0.2) is 0 Å². The van der Waals surface area contributed by atoms with Gasteiger partial charge in [0.05, 0.1) is 6.61 Å². The lowest BCUT2D eigenvalue weighted by atomic mass is 10.1. The largest absolute Gasteiger partial charge is 0.460 e. The molecule has 1 atom stereocenters. The van der Waals surface area contributed by atoms with Gasteiger partial charge in [0.25, 0.3) is 0 Å². The number of carbonyl (C=O) groups excluding carboxylic acids is 2. The molecule has 0 aliphatic rings. The van der Waals surface area contributed by atoms with Crippen LogP contribution in [-0.2, 0) is 19.1 Å². The predicted octanol–water partition coefficient (Wildman–Crippen LogP) is 3.91. The molecule has 0 aromatic carbocycles. The first-order valence-electron chi connectivity index (χ1n) is 8.27. The average Bonchev–Trinajstić information content (AvgIpc) is 2.41. The molecule has 0 rings (SSSR count). The molecule has 0 saturated heterocycles. The van der Waals surface area contributed by atoms with E-state index in [0.29, 0.717) is 13.2 Å². The summed E-state index contributed by atoms with van der Waals surface area (Å²) in [6.07, 6.45) is 6.94. The molecule has 0 aliphatic heterocycles. The van der Waals surface area contributed by atoms with Gasteiger partial charge in [-0.05, 0) is 13.3 Å². The van der Waals surface area contributed by atoms with Crippen LogP contribution in [0, 0.1) is 5.92 Å². The van der Waals surface area contributed by atoms with Gasteiger partial charge in [-0.15, -0.1) is 0 Å². The SMILES string of the molecule is CCCCCCCCOCC(C)OC(=O)CC(=O)C(C)C. The topological polar surface area (TPSA) is 52.6 Å². The summed E-state index contributed by atoms with van der Waals surface area (Å²) in [7, 11) is 0. The van der Waals surface area contributed by atoms with Crippen molar-refractivity contribution >= 4 is 11.8 Å². The van der Waals surface area contributed by atoms with Gasteiger partial charge in [0.2, 0.25) is 0 Å². The second-order valence-corrected chi connectivity index (χ2v) is 5.94. The van der Waals surface area contributed by atoms with Crippen LogP contribution in [0.15, 0.2) is 0 Å². The van der Waals surface area contributed by atoms with Crippen LogP contribution in [0.25, 0.3) is 0 Å². The van der Waals surface area contributed by atoms with E-state index in [-0.39, 0.29) is 24.2 Å². The second kappa shape index (κ2) is 12.8. The molecule has 0 aliphatic carbocycles. The van der Waals surface area contributed by atoms with E-state index in [1.165, 1.54) is 32.1 Å². The number of esters is 1. The number of hydrogen-bond donors (Lipinski definition) is 0. The Kier molecular flexibility index (Phi) is 12.3. The molecule has 4 heteroatoms. The first-order chi connectivity index (χ1) is 9.97. The molecular weight excluding hydrogens is 268 g/mol. The zero-order valence-corrected chi connectivity index (χ0v) is 14.2. The number of unbranched alkanes of at least 4 members (excludes halogenated alkanes) is 5. The number of rotatable bonds is 13. The Hall–Kier alpha value is -0.900. The Labute approximate surface area is 129 Å². The minimum absolute atomic E-state index is 0.0832. The van der Waals surface area contributed by atoms with Crippen molar-refractivity contribution in [1.82, 2.24) is 0 Å². The van der Waals surface area contributed by atoms with Crippen LogP contribution in [0.1, 0.15) is 72.6 Å². The van der Waals surface area contributed by atoms with Gasteiger partial charge < -0.3 is 9.47 Å². The van der Waals surface area contributed by atoms with E-state index in [2.05, 4.69) is 6.92 Å². The standard InChI is InChI=1S/C17H32O4/c1-5-6-7-8-9-10-11-20-13-15(4)21-17(19)12-16(18)14(2)3/h14-15H,5-13H2,1-4H3. The Morgan fingerprint density at radius 1 is 0.952 bits per heavy atom. The molecule has 4 nitrogen and oxygen atoms in total. The van der Waals surface area contributed by atoms with E-state index >= 15 is 0 Å². The normalized spacial score (nSPS) is 12.4. The van der Waals surface area contributed by atoms with Crippen LogP contribution in [-0.4, -0.2) is 31.1 Å². The Morgan fingerprint density at radius 2 is 1.57 bits per heavy atom. The molecule has 124 valence electrons. The van der Waals surface area contributed by atoms with Crippen LogP contribution >= 0.6 is 0 Å². The van der Waals surface area contributed by atoms with Gasteiger partial charge in [-0.1, -0.05) is 52.9 Å². The molecule has 0 saturated carbocycles. The zero-order valence-electron chi connectivity index (χ0n) is 14.2. The third-order valence-electron chi connectivity index (χ3n) is 3.29. The lowest BCUT2D eigenvalue weighted by molar-refractivity contribution is -0.153. The molecule has 0 aromatic rings. The van der Waals surface area contributed by atoms with Crippen molar-refractivity contribution in [2.45, 2.75) is 78.7 Å². The minimum Gasteiger partial charge on any atom is -0.460 e. The number of ether oxygens (including phenoxy) is 2. The Bertz CT molecular complexity index is 287. The van der Waals surface area contributed by atoms with Crippen molar-refractivity contribution in [2.75, 3.05) is 13.2 Å². The third kappa shape index (κ3) is 12.5. The van der Waals surface area contributed by atoms with E-state index in [4.69, 9.17) is 9.47 Å². The van der Waals surface area contributed by atoms with Gasteiger partial charge in [-0.3, -0.25) is 9.59 Å². The van der Waals surface area contributed by atoms with Crippen molar-refractivity contribution in [3.05, 3.63) is 0 Å². The smallest absolute Gasteiger partial charge is 0.313 e. The molecule has 21 heavy (non-hydrogen) atoms. The molecule has 0 N–H and O–H groups in total. The summed E-state index contributed by atoms with van der Waals surface area (Å²) < 4.78 is 10.6. The predicted molar refractivity (Wildman–Crippen MR) is 84.2 cm³/mol. The number of carbonyl (C=O) groups is 2. The fourth-order valence-corrected chi connectivity index (χ4v) is 1.88. The molecule has 0 radical (unpaired) electrons. The highest BCUT2D eigenvalue weighted by atomic mass is 16.6. The van der Waals surface area contributed by atoms with Gasteiger partial charge in [-0.2, -0.15) is 0 Å². The van der Waals surface area contributed by atoms with E-state index in [0.717, 1.165) is 6.42 Å². The Morgan fingerprint density at radius 3 is 2.19 bits per heavy atom. The average molecular weight is 300 g/mol. The summed E-state index contributed by atoms with van der Waals surface area (Å²) in [6, 6.07) is 0. The molecule has 0 fully saturated rings. The van der Waals surface area contributed by atoms with Crippen LogP contribution in [0.5, 0.6) is 0 Å². The van der Waals surface area contributed by atoms with Crippen LogP contribution in [0.2, 0.25) is 0 Å². The van der Waals surface area contributed by atoms with Crippen molar-refractivity contribution in [3.8, 4) is 0 Å². The highest BCUT2D eigenvalue weighted by Gasteiger charge is 2.16. The number of ketones is 1. The summed E-state index contributed by atoms with van der Waals surface area (Å²) in [5.41, 5.74) is 0. The fraction of sp³-hybridized carbons (Fsp3) is 0.882. The second-order valence-electron chi connectivity index (χ2n) is 5.94. The molecule has 0 amide bonds. The Balaban J connectivity index is 3.51. The lowest BCUT2D eigenvalue weighted by Gasteiger charge is -2.14. The van der Waals surface area contributed by atoms with E-state index < -0.39 is 5.97 Å². The third-order valence-corrected chi connectivity index (χ3v) is 3.29. The maximum atomic E-state index is 11.5. The summed E-state index contributed by atoms with van der Waals surface area (Å²) in [6.45, 7) is 8.67. The summed E-state index contributed by atoms with van der Waals surface area (Å²) in [5.74, 6) is -0.665. The highest BCUT2D eigenvalue weighted by Crippen LogP contribution is 2.06. The van der Waals surface area contributed by atoms with Gasteiger partial charge in [0.1, 0.15) is 18.3 Å². The van der Waals surface area contributed by atoms with Crippen molar-refractivity contribution in [1.29, 1.82) is 0 Å². The maximum Gasteiger partial charge on any atom is 0.313 e. The molecule has 0 aromatic heterocycles.